The molecule has 0 aromatic heterocycles. The summed E-state index contributed by atoms with van der Waals surface area (Å²) in [6.07, 6.45) is 1.01. The molecule has 2 aromatic carbocycles. The SMILES string of the molecule is Cc1c(Br)cccc1-c1cccc(OCCCBr)c1C. The molecule has 0 saturated carbocycles. The van der Waals surface area contributed by atoms with Gasteiger partial charge in [0.05, 0.1) is 6.61 Å². The summed E-state index contributed by atoms with van der Waals surface area (Å²) in [4.78, 5) is 0. The standard InChI is InChI=1S/C17H18Br2O/c1-12-14(6-3-8-16(12)19)15-7-4-9-17(13(15)2)20-11-5-10-18/h3-4,6-9H,5,10-11H2,1-2H3. The van der Waals surface area contributed by atoms with Gasteiger partial charge in [-0.3, -0.25) is 0 Å². The van der Waals surface area contributed by atoms with Gasteiger partial charge < -0.3 is 4.74 Å². The lowest BCUT2D eigenvalue weighted by molar-refractivity contribution is 0.317. The quantitative estimate of drug-likeness (QED) is 0.451. The summed E-state index contributed by atoms with van der Waals surface area (Å²) in [6, 6.07) is 12.6. The van der Waals surface area contributed by atoms with E-state index < -0.39 is 0 Å². The van der Waals surface area contributed by atoms with Gasteiger partial charge in [-0.05, 0) is 54.7 Å². The van der Waals surface area contributed by atoms with Gasteiger partial charge in [-0.25, -0.2) is 0 Å². The summed E-state index contributed by atoms with van der Waals surface area (Å²) in [7, 11) is 0. The maximum absolute atomic E-state index is 5.87. The van der Waals surface area contributed by atoms with Crippen LogP contribution in [0.5, 0.6) is 5.75 Å². The lowest BCUT2D eigenvalue weighted by Crippen LogP contribution is -2.00. The highest BCUT2D eigenvalue weighted by molar-refractivity contribution is 9.10. The van der Waals surface area contributed by atoms with Crippen molar-refractivity contribution in [2.75, 3.05) is 11.9 Å². The predicted molar refractivity (Wildman–Crippen MR) is 93.0 cm³/mol. The lowest BCUT2D eigenvalue weighted by atomic mass is 9.96. The highest BCUT2D eigenvalue weighted by Crippen LogP contribution is 2.34. The number of benzene rings is 2. The first kappa shape index (κ1) is 15.6. The molecule has 0 unspecified atom stereocenters. The van der Waals surface area contributed by atoms with Gasteiger partial charge in [0.2, 0.25) is 0 Å². The van der Waals surface area contributed by atoms with E-state index in [1.54, 1.807) is 0 Å². The molecular formula is C17H18Br2O. The average molecular weight is 398 g/mol. The number of alkyl halides is 1. The van der Waals surface area contributed by atoms with Gasteiger partial charge in [0.25, 0.3) is 0 Å². The lowest BCUT2D eigenvalue weighted by Gasteiger charge is -2.15. The van der Waals surface area contributed by atoms with E-state index in [2.05, 4.69) is 76.0 Å². The van der Waals surface area contributed by atoms with E-state index in [4.69, 9.17) is 4.74 Å². The molecular weight excluding hydrogens is 380 g/mol. The minimum Gasteiger partial charge on any atom is -0.493 e. The molecule has 106 valence electrons. The van der Waals surface area contributed by atoms with Crippen LogP contribution in [-0.4, -0.2) is 11.9 Å². The molecule has 0 aliphatic heterocycles. The molecule has 0 radical (unpaired) electrons. The van der Waals surface area contributed by atoms with Gasteiger partial charge in [0, 0.05) is 9.80 Å². The van der Waals surface area contributed by atoms with Crippen molar-refractivity contribution in [2.24, 2.45) is 0 Å². The van der Waals surface area contributed by atoms with Crippen LogP contribution < -0.4 is 4.74 Å². The van der Waals surface area contributed by atoms with Crippen molar-refractivity contribution >= 4 is 31.9 Å². The van der Waals surface area contributed by atoms with Crippen LogP contribution >= 0.6 is 31.9 Å². The van der Waals surface area contributed by atoms with E-state index >= 15 is 0 Å². The largest absolute Gasteiger partial charge is 0.493 e. The number of hydrogen-bond acceptors (Lipinski definition) is 1. The van der Waals surface area contributed by atoms with Crippen LogP contribution in [0.2, 0.25) is 0 Å². The fourth-order valence-electron chi connectivity index (χ4n) is 2.20. The Kier molecular flexibility index (Phi) is 5.67. The van der Waals surface area contributed by atoms with Crippen molar-refractivity contribution in [1.82, 2.24) is 0 Å². The van der Waals surface area contributed by atoms with Gasteiger partial charge in [0.15, 0.2) is 0 Å². The number of ether oxygens (including phenoxy) is 1. The topological polar surface area (TPSA) is 9.23 Å². The Bertz CT molecular complexity index is 594. The van der Waals surface area contributed by atoms with E-state index in [1.807, 2.05) is 6.07 Å². The number of halogens is 2. The third kappa shape index (κ3) is 3.44. The molecule has 0 spiro atoms. The molecule has 20 heavy (non-hydrogen) atoms. The summed E-state index contributed by atoms with van der Waals surface area (Å²) >= 11 is 7.03. The monoisotopic (exact) mass is 396 g/mol. The van der Waals surface area contributed by atoms with Crippen LogP contribution in [0.25, 0.3) is 11.1 Å². The van der Waals surface area contributed by atoms with E-state index in [1.165, 1.54) is 22.3 Å². The Morgan fingerprint density at radius 1 is 0.950 bits per heavy atom. The third-order valence-corrected chi connectivity index (χ3v) is 4.80. The molecule has 0 N–H and O–H groups in total. The van der Waals surface area contributed by atoms with Crippen molar-refractivity contribution in [2.45, 2.75) is 20.3 Å². The van der Waals surface area contributed by atoms with Crippen LogP contribution in [0.3, 0.4) is 0 Å². The van der Waals surface area contributed by atoms with Crippen molar-refractivity contribution in [3.8, 4) is 16.9 Å². The Balaban J connectivity index is 2.37. The summed E-state index contributed by atoms with van der Waals surface area (Å²) in [5.41, 5.74) is 4.94. The molecule has 1 nitrogen and oxygen atoms in total. The van der Waals surface area contributed by atoms with Crippen molar-refractivity contribution < 1.29 is 4.74 Å². The average Bonchev–Trinajstić information content (AvgIpc) is 2.44. The molecule has 0 heterocycles. The van der Waals surface area contributed by atoms with Crippen LogP contribution in [-0.2, 0) is 0 Å². The molecule has 0 saturated heterocycles. The summed E-state index contributed by atoms with van der Waals surface area (Å²) in [5.74, 6) is 0.975. The Hall–Kier alpha value is -0.800. The molecule has 3 heteroatoms. The number of rotatable bonds is 5. The smallest absolute Gasteiger partial charge is 0.122 e. The highest BCUT2D eigenvalue weighted by atomic mass is 79.9. The first-order chi connectivity index (χ1) is 9.65. The minimum atomic E-state index is 0.743. The van der Waals surface area contributed by atoms with E-state index in [0.29, 0.717) is 0 Å². The molecule has 2 rings (SSSR count). The van der Waals surface area contributed by atoms with Crippen molar-refractivity contribution in [1.29, 1.82) is 0 Å². The molecule has 0 aliphatic rings. The van der Waals surface area contributed by atoms with Gasteiger partial charge in [0.1, 0.15) is 5.75 Å². The van der Waals surface area contributed by atoms with Crippen LogP contribution in [0.15, 0.2) is 40.9 Å². The fourth-order valence-corrected chi connectivity index (χ4v) is 2.79. The van der Waals surface area contributed by atoms with Gasteiger partial charge in [-0.1, -0.05) is 56.1 Å². The molecule has 0 fully saturated rings. The summed E-state index contributed by atoms with van der Waals surface area (Å²) in [5, 5.41) is 0.969. The second-order valence-corrected chi connectivity index (χ2v) is 6.38. The second-order valence-electron chi connectivity index (χ2n) is 4.73. The predicted octanol–water partition coefficient (Wildman–Crippen LogP) is 5.90. The Labute approximate surface area is 137 Å². The maximum Gasteiger partial charge on any atom is 0.122 e. The Morgan fingerprint density at radius 3 is 2.30 bits per heavy atom. The van der Waals surface area contributed by atoms with Gasteiger partial charge in [-0.15, -0.1) is 0 Å². The van der Waals surface area contributed by atoms with Crippen LogP contribution in [0.4, 0.5) is 0 Å². The van der Waals surface area contributed by atoms with Crippen molar-refractivity contribution in [3.63, 3.8) is 0 Å². The third-order valence-electron chi connectivity index (χ3n) is 3.38. The summed E-state index contributed by atoms with van der Waals surface area (Å²) < 4.78 is 7.01. The normalized spacial score (nSPS) is 10.6. The zero-order valence-electron chi connectivity index (χ0n) is 11.7. The first-order valence-electron chi connectivity index (χ1n) is 6.69. The van der Waals surface area contributed by atoms with Gasteiger partial charge >= 0.3 is 0 Å². The fraction of sp³-hybridized carbons (Fsp3) is 0.294. The zero-order valence-corrected chi connectivity index (χ0v) is 14.9. The Morgan fingerprint density at radius 2 is 1.60 bits per heavy atom. The molecule has 2 aromatic rings. The minimum absolute atomic E-state index is 0.743. The van der Waals surface area contributed by atoms with Crippen LogP contribution in [0.1, 0.15) is 17.5 Å². The first-order valence-corrected chi connectivity index (χ1v) is 8.60. The molecule has 0 aliphatic carbocycles. The molecule has 0 atom stereocenters. The van der Waals surface area contributed by atoms with E-state index in [9.17, 15) is 0 Å². The molecule has 0 bridgehead atoms. The van der Waals surface area contributed by atoms with E-state index in [-0.39, 0.29) is 0 Å². The van der Waals surface area contributed by atoms with Crippen molar-refractivity contribution in [3.05, 3.63) is 52.0 Å². The second kappa shape index (κ2) is 7.28. The summed E-state index contributed by atoms with van der Waals surface area (Å²) in [6.45, 7) is 5.00. The number of hydrogen-bond donors (Lipinski definition) is 0. The van der Waals surface area contributed by atoms with Crippen LogP contribution in [0, 0.1) is 13.8 Å². The van der Waals surface area contributed by atoms with E-state index in [0.717, 1.165) is 28.6 Å². The maximum atomic E-state index is 5.87. The van der Waals surface area contributed by atoms with Gasteiger partial charge in [-0.2, -0.15) is 0 Å². The highest BCUT2D eigenvalue weighted by Gasteiger charge is 2.10. The zero-order chi connectivity index (χ0) is 14.5. The molecule has 0 amide bonds.